The van der Waals surface area contributed by atoms with Gasteiger partial charge in [-0.15, -0.1) is 0 Å². The van der Waals surface area contributed by atoms with Crippen LogP contribution in [0.2, 0.25) is 0 Å². The molecule has 0 saturated heterocycles. The van der Waals surface area contributed by atoms with Gasteiger partial charge in [0, 0.05) is 12.6 Å². The molecule has 0 atom stereocenters. The van der Waals surface area contributed by atoms with Crippen molar-refractivity contribution < 1.29 is 0 Å². The minimum atomic E-state index is 0.532. The zero-order valence-electron chi connectivity index (χ0n) is 10.9. The molecule has 0 aromatic carbocycles. The maximum atomic E-state index is 2.62. The molecule has 2 aliphatic rings. The summed E-state index contributed by atoms with van der Waals surface area (Å²) in [6, 6.07) is 0.915. The molecular weight excluding hydrogens is 182 g/mol. The Balaban J connectivity index is 1.64. The van der Waals surface area contributed by atoms with Crippen LogP contribution in [0.25, 0.3) is 0 Å². The first kappa shape index (κ1) is 11.4. The molecule has 0 amide bonds. The van der Waals surface area contributed by atoms with Crippen LogP contribution >= 0.6 is 0 Å². The van der Waals surface area contributed by atoms with E-state index in [2.05, 4.69) is 32.7 Å². The second-order valence-corrected chi connectivity index (χ2v) is 7.14. The lowest BCUT2D eigenvalue weighted by atomic mass is 9.71. The van der Waals surface area contributed by atoms with Crippen LogP contribution in [0.3, 0.4) is 0 Å². The molecule has 2 rings (SSSR count). The Bertz CT molecular complexity index is 206. The quantitative estimate of drug-likeness (QED) is 0.684. The highest BCUT2D eigenvalue weighted by Gasteiger charge is 2.35. The van der Waals surface area contributed by atoms with Crippen molar-refractivity contribution in [2.45, 2.75) is 58.9 Å². The lowest BCUT2D eigenvalue weighted by molar-refractivity contribution is 0.0719. The topological polar surface area (TPSA) is 3.24 Å². The van der Waals surface area contributed by atoms with Gasteiger partial charge in [-0.3, -0.25) is 0 Å². The van der Waals surface area contributed by atoms with Gasteiger partial charge in [0.15, 0.2) is 0 Å². The monoisotopic (exact) mass is 209 g/mol. The van der Waals surface area contributed by atoms with Crippen LogP contribution in [0.4, 0.5) is 0 Å². The summed E-state index contributed by atoms with van der Waals surface area (Å²) in [5.74, 6) is 2.06. The highest BCUT2D eigenvalue weighted by Crippen LogP contribution is 2.40. The summed E-state index contributed by atoms with van der Waals surface area (Å²) in [6.07, 6.45) is 7.31. The summed E-state index contributed by atoms with van der Waals surface area (Å²) in [5.41, 5.74) is 0.532. The maximum absolute atomic E-state index is 2.62. The van der Waals surface area contributed by atoms with E-state index in [1.807, 2.05) is 0 Å². The average molecular weight is 209 g/mol. The van der Waals surface area contributed by atoms with Crippen LogP contribution in [-0.4, -0.2) is 24.5 Å². The number of nitrogens with zero attached hydrogens (tertiary/aromatic N) is 1. The van der Waals surface area contributed by atoms with Gasteiger partial charge in [-0.1, -0.05) is 20.8 Å². The van der Waals surface area contributed by atoms with E-state index in [9.17, 15) is 0 Å². The van der Waals surface area contributed by atoms with E-state index >= 15 is 0 Å². The van der Waals surface area contributed by atoms with Crippen molar-refractivity contribution in [3.63, 3.8) is 0 Å². The summed E-state index contributed by atoms with van der Waals surface area (Å²) >= 11 is 0. The van der Waals surface area contributed by atoms with Crippen LogP contribution in [0.15, 0.2) is 0 Å². The summed E-state index contributed by atoms with van der Waals surface area (Å²) < 4.78 is 0. The van der Waals surface area contributed by atoms with E-state index in [0.717, 1.165) is 17.9 Å². The molecule has 2 saturated carbocycles. The number of hydrogen-bond acceptors (Lipinski definition) is 1. The first-order valence-electron chi connectivity index (χ1n) is 6.64. The molecule has 88 valence electrons. The van der Waals surface area contributed by atoms with Gasteiger partial charge in [0.25, 0.3) is 0 Å². The van der Waals surface area contributed by atoms with Crippen molar-refractivity contribution in [1.29, 1.82) is 0 Å². The second kappa shape index (κ2) is 4.08. The van der Waals surface area contributed by atoms with Gasteiger partial charge < -0.3 is 4.90 Å². The van der Waals surface area contributed by atoms with Crippen molar-refractivity contribution in [1.82, 2.24) is 4.90 Å². The zero-order chi connectivity index (χ0) is 11.1. The molecule has 15 heavy (non-hydrogen) atoms. The van der Waals surface area contributed by atoms with Crippen molar-refractivity contribution in [3.8, 4) is 0 Å². The molecule has 0 aromatic heterocycles. The Morgan fingerprint density at radius 1 is 1.07 bits per heavy atom. The Kier molecular flexibility index (Phi) is 3.12. The van der Waals surface area contributed by atoms with Gasteiger partial charge >= 0.3 is 0 Å². The van der Waals surface area contributed by atoms with Gasteiger partial charge in [0.05, 0.1) is 0 Å². The van der Waals surface area contributed by atoms with Gasteiger partial charge in [-0.2, -0.15) is 0 Å². The molecule has 0 spiro atoms. The molecule has 0 N–H and O–H groups in total. The van der Waals surface area contributed by atoms with E-state index < -0.39 is 0 Å². The molecule has 1 nitrogen and oxygen atoms in total. The fourth-order valence-electron chi connectivity index (χ4n) is 2.95. The minimum Gasteiger partial charge on any atom is -0.303 e. The van der Waals surface area contributed by atoms with E-state index in [1.54, 1.807) is 0 Å². The largest absolute Gasteiger partial charge is 0.303 e. The summed E-state index contributed by atoms with van der Waals surface area (Å²) in [7, 11) is 2.33. The molecule has 2 fully saturated rings. The summed E-state index contributed by atoms with van der Waals surface area (Å²) in [5, 5.41) is 0. The Morgan fingerprint density at radius 2 is 1.67 bits per heavy atom. The molecule has 1 heteroatoms. The maximum Gasteiger partial charge on any atom is 0.00976 e. The van der Waals surface area contributed by atoms with E-state index in [4.69, 9.17) is 0 Å². The lowest BCUT2D eigenvalue weighted by Gasteiger charge is -2.43. The van der Waals surface area contributed by atoms with Gasteiger partial charge in [0.1, 0.15) is 0 Å². The first-order valence-corrected chi connectivity index (χ1v) is 6.64. The SMILES string of the molecule is CN(CC1CC1)C1CC(CC(C)(C)C)C1. The van der Waals surface area contributed by atoms with Gasteiger partial charge in [-0.05, 0) is 56.4 Å². The molecule has 0 aliphatic heterocycles. The summed E-state index contributed by atoms with van der Waals surface area (Å²) in [4.78, 5) is 2.62. The normalized spacial score (nSPS) is 31.8. The van der Waals surface area contributed by atoms with Crippen LogP contribution in [0, 0.1) is 17.3 Å². The molecule has 0 bridgehead atoms. The van der Waals surface area contributed by atoms with Crippen molar-refractivity contribution in [2.24, 2.45) is 17.3 Å². The molecule has 2 aliphatic carbocycles. The highest BCUT2D eigenvalue weighted by atomic mass is 15.1. The fourth-order valence-corrected chi connectivity index (χ4v) is 2.95. The molecule has 0 aromatic rings. The third-order valence-corrected chi connectivity index (χ3v) is 3.98. The predicted octanol–water partition coefficient (Wildman–Crippen LogP) is 3.54. The lowest BCUT2D eigenvalue weighted by Crippen LogP contribution is -2.44. The van der Waals surface area contributed by atoms with Gasteiger partial charge in [0.2, 0.25) is 0 Å². The fraction of sp³-hybridized carbons (Fsp3) is 1.00. The van der Waals surface area contributed by atoms with Crippen LogP contribution in [0.5, 0.6) is 0 Å². The Labute approximate surface area is 95.2 Å². The number of hydrogen-bond donors (Lipinski definition) is 0. The van der Waals surface area contributed by atoms with E-state index in [-0.39, 0.29) is 0 Å². The molecule has 0 unspecified atom stereocenters. The van der Waals surface area contributed by atoms with E-state index in [1.165, 1.54) is 38.6 Å². The summed E-state index contributed by atoms with van der Waals surface area (Å²) in [6.45, 7) is 8.48. The molecule has 0 radical (unpaired) electrons. The van der Waals surface area contributed by atoms with Crippen molar-refractivity contribution in [3.05, 3.63) is 0 Å². The third-order valence-electron chi connectivity index (χ3n) is 3.98. The minimum absolute atomic E-state index is 0.532. The smallest absolute Gasteiger partial charge is 0.00976 e. The van der Waals surface area contributed by atoms with Gasteiger partial charge in [-0.25, -0.2) is 0 Å². The highest BCUT2D eigenvalue weighted by molar-refractivity contribution is 4.90. The average Bonchev–Trinajstić information content (AvgIpc) is 2.77. The number of rotatable bonds is 4. The molecule has 0 heterocycles. The van der Waals surface area contributed by atoms with Crippen molar-refractivity contribution in [2.75, 3.05) is 13.6 Å². The molecular formula is C14H27N. The Hall–Kier alpha value is -0.0400. The van der Waals surface area contributed by atoms with Crippen LogP contribution in [0.1, 0.15) is 52.9 Å². The standard InChI is InChI=1S/C14H27N/c1-14(2,3)9-12-7-13(8-12)15(4)10-11-5-6-11/h11-13H,5-10H2,1-4H3. The van der Waals surface area contributed by atoms with E-state index in [0.29, 0.717) is 5.41 Å². The van der Waals surface area contributed by atoms with Crippen LogP contribution < -0.4 is 0 Å². The second-order valence-electron chi connectivity index (χ2n) is 7.14. The third kappa shape index (κ3) is 3.48. The Morgan fingerprint density at radius 3 is 2.13 bits per heavy atom. The first-order chi connectivity index (χ1) is 6.94. The zero-order valence-corrected chi connectivity index (χ0v) is 10.9. The predicted molar refractivity (Wildman–Crippen MR) is 65.9 cm³/mol. The van der Waals surface area contributed by atoms with Crippen LogP contribution in [-0.2, 0) is 0 Å². The van der Waals surface area contributed by atoms with Crippen molar-refractivity contribution >= 4 is 0 Å².